The third-order valence-electron chi connectivity index (χ3n) is 4.49. The lowest BCUT2D eigenvalue weighted by Gasteiger charge is -2.31. The molecule has 4 nitrogen and oxygen atoms in total. The first kappa shape index (κ1) is 18.8. The maximum Gasteiger partial charge on any atom is 0.230 e. The first-order valence-electron chi connectivity index (χ1n) is 8.75. The van der Waals surface area contributed by atoms with Crippen LogP contribution in [0.1, 0.15) is 38.7 Å². The van der Waals surface area contributed by atoms with E-state index in [1.165, 1.54) is 5.56 Å². The van der Waals surface area contributed by atoms with Gasteiger partial charge in [-0.25, -0.2) is 0 Å². The van der Waals surface area contributed by atoms with Gasteiger partial charge in [0.1, 0.15) is 0 Å². The Kier molecular flexibility index (Phi) is 7.63. The minimum absolute atomic E-state index is 0.118. The highest BCUT2D eigenvalue weighted by Gasteiger charge is 2.22. The Morgan fingerprint density at radius 2 is 1.92 bits per heavy atom. The number of rotatable bonds is 7. The van der Waals surface area contributed by atoms with Gasteiger partial charge in [-0.05, 0) is 31.2 Å². The van der Waals surface area contributed by atoms with E-state index in [0.29, 0.717) is 11.0 Å². The van der Waals surface area contributed by atoms with Gasteiger partial charge >= 0.3 is 0 Å². The van der Waals surface area contributed by atoms with E-state index in [4.69, 9.17) is 0 Å². The first-order chi connectivity index (χ1) is 11.5. The Balaban J connectivity index is 1.60. The average molecular weight is 349 g/mol. The van der Waals surface area contributed by atoms with Gasteiger partial charge in [-0.3, -0.25) is 9.59 Å². The second kappa shape index (κ2) is 9.72. The van der Waals surface area contributed by atoms with Crippen molar-refractivity contribution in [3.8, 4) is 0 Å². The van der Waals surface area contributed by atoms with E-state index in [1.54, 1.807) is 18.7 Å². The van der Waals surface area contributed by atoms with E-state index in [-0.39, 0.29) is 17.9 Å². The number of carbonyl (C=O) groups excluding carboxylic acids is 2. The van der Waals surface area contributed by atoms with Crippen molar-refractivity contribution in [1.82, 2.24) is 10.2 Å². The molecule has 1 atom stereocenters. The summed E-state index contributed by atoms with van der Waals surface area (Å²) in [7, 11) is 0. The fraction of sp³-hybridized carbons (Fsp3) is 0.579. The number of hydrogen-bond donors (Lipinski definition) is 1. The summed E-state index contributed by atoms with van der Waals surface area (Å²) in [4.78, 5) is 25.2. The number of piperidine rings is 1. The summed E-state index contributed by atoms with van der Waals surface area (Å²) in [5.74, 6) is 0.762. The topological polar surface area (TPSA) is 49.4 Å². The number of nitrogens with zero attached hydrogens (tertiary/aromatic N) is 1. The van der Waals surface area contributed by atoms with Gasteiger partial charge in [0.25, 0.3) is 0 Å². The largest absolute Gasteiger partial charge is 0.353 e. The van der Waals surface area contributed by atoms with Gasteiger partial charge in [-0.2, -0.15) is 0 Å². The van der Waals surface area contributed by atoms with Crippen LogP contribution in [0, 0.1) is 0 Å². The Labute approximate surface area is 149 Å². The third-order valence-corrected chi connectivity index (χ3v) is 5.72. The van der Waals surface area contributed by atoms with Crippen molar-refractivity contribution in [2.75, 3.05) is 18.8 Å². The molecule has 24 heavy (non-hydrogen) atoms. The number of benzene rings is 1. The van der Waals surface area contributed by atoms with E-state index in [0.717, 1.165) is 38.8 Å². The van der Waals surface area contributed by atoms with Gasteiger partial charge in [0.15, 0.2) is 0 Å². The van der Waals surface area contributed by atoms with E-state index >= 15 is 0 Å². The van der Waals surface area contributed by atoms with E-state index in [2.05, 4.69) is 36.5 Å². The molecular formula is C19H28N2O2S. The molecule has 132 valence electrons. The highest BCUT2D eigenvalue weighted by Crippen LogP contribution is 2.17. The Morgan fingerprint density at radius 1 is 1.25 bits per heavy atom. The summed E-state index contributed by atoms with van der Waals surface area (Å²) < 4.78 is 0. The van der Waals surface area contributed by atoms with Crippen molar-refractivity contribution in [1.29, 1.82) is 0 Å². The quantitative estimate of drug-likeness (QED) is 0.824. The van der Waals surface area contributed by atoms with Crippen LogP contribution < -0.4 is 5.32 Å². The zero-order valence-corrected chi connectivity index (χ0v) is 15.5. The lowest BCUT2D eigenvalue weighted by atomic mass is 10.1. The molecule has 1 fully saturated rings. The molecule has 0 spiro atoms. The Morgan fingerprint density at radius 3 is 2.54 bits per heavy atom. The van der Waals surface area contributed by atoms with Crippen LogP contribution in [0.2, 0.25) is 0 Å². The summed E-state index contributed by atoms with van der Waals surface area (Å²) in [5.41, 5.74) is 1.35. The van der Waals surface area contributed by atoms with E-state index in [9.17, 15) is 9.59 Å². The maximum atomic E-state index is 12.1. The number of amides is 2. The van der Waals surface area contributed by atoms with Crippen LogP contribution in [-0.4, -0.2) is 46.8 Å². The molecule has 5 heteroatoms. The molecule has 1 aromatic carbocycles. The maximum absolute atomic E-state index is 12.1. The second-order valence-electron chi connectivity index (χ2n) is 6.49. The molecule has 0 aliphatic carbocycles. The van der Waals surface area contributed by atoms with Crippen molar-refractivity contribution in [2.45, 2.75) is 50.8 Å². The summed E-state index contributed by atoms with van der Waals surface area (Å²) in [6, 6.07) is 10.7. The minimum Gasteiger partial charge on any atom is -0.353 e. The number of hydrogen-bond acceptors (Lipinski definition) is 3. The van der Waals surface area contributed by atoms with Gasteiger partial charge in [-0.1, -0.05) is 37.3 Å². The summed E-state index contributed by atoms with van der Waals surface area (Å²) in [6.45, 7) is 5.29. The van der Waals surface area contributed by atoms with Crippen LogP contribution in [0.4, 0.5) is 0 Å². The van der Waals surface area contributed by atoms with Gasteiger partial charge in [0.2, 0.25) is 11.8 Å². The van der Waals surface area contributed by atoms with Gasteiger partial charge < -0.3 is 10.2 Å². The van der Waals surface area contributed by atoms with Crippen LogP contribution in [0.5, 0.6) is 0 Å². The molecule has 1 aromatic rings. The predicted molar refractivity (Wildman–Crippen MR) is 100 cm³/mol. The number of carbonyl (C=O) groups is 2. The molecule has 0 bridgehead atoms. The SMILES string of the molecule is CC(=O)N1CCC(NC(=O)CS[C@H](C)CCc2ccccc2)CC1. The minimum atomic E-state index is 0.118. The van der Waals surface area contributed by atoms with Crippen molar-refractivity contribution in [3.05, 3.63) is 35.9 Å². The normalized spacial score (nSPS) is 16.7. The van der Waals surface area contributed by atoms with E-state index in [1.807, 2.05) is 11.0 Å². The first-order valence-corrected chi connectivity index (χ1v) is 9.80. The Hall–Kier alpha value is -1.49. The molecule has 2 rings (SSSR count). The molecule has 0 saturated carbocycles. The monoisotopic (exact) mass is 348 g/mol. The highest BCUT2D eigenvalue weighted by molar-refractivity contribution is 8.00. The van der Waals surface area contributed by atoms with Crippen molar-refractivity contribution in [3.63, 3.8) is 0 Å². The zero-order chi connectivity index (χ0) is 17.4. The van der Waals surface area contributed by atoms with Crippen LogP contribution in [0.3, 0.4) is 0 Å². The van der Waals surface area contributed by atoms with Crippen LogP contribution >= 0.6 is 11.8 Å². The lowest BCUT2D eigenvalue weighted by molar-refractivity contribution is -0.130. The van der Waals surface area contributed by atoms with Gasteiger partial charge in [0, 0.05) is 31.3 Å². The molecular weight excluding hydrogens is 320 g/mol. The molecule has 1 aliphatic rings. The van der Waals surface area contributed by atoms with Crippen molar-refractivity contribution in [2.24, 2.45) is 0 Å². The standard InChI is InChI=1S/C19H28N2O2S/c1-15(8-9-17-6-4-3-5-7-17)24-14-19(23)20-18-10-12-21(13-11-18)16(2)22/h3-7,15,18H,8-14H2,1-2H3,(H,20,23)/t15-/m1/s1. The summed E-state index contributed by atoms with van der Waals surface area (Å²) in [5, 5.41) is 3.58. The smallest absolute Gasteiger partial charge is 0.230 e. The van der Waals surface area contributed by atoms with Crippen molar-refractivity contribution >= 4 is 23.6 Å². The highest BCUT2D eigenvalue weighted by atomic mass is 32.2. The van der Waals surface area contributed by atoms with Crippen LogP contribution in [-0.2, 0) is 16.0 Å². The number of likely N-dealkylation sites (tertiary alicyclic amines) is 1. The summed E-state index contributed by atoms with van der Waals surface area (Å²) in [6.07, 6.45) is 3.86. The van der Waals surface area contributed by atoms with Crippen molar-refractivity contribution < 1.29 is 9.59 Å². The number of aryl methyl sites for hydroxylation is 1. The second-order valence-corrected chi connectivity index (χ2v) is 7.92. The fourth-order valence-corrected chi connectivity index (χ4v) is 3.73. The zero-order valence-electron chi connectivity index (χ0n) is 14.7. The molecule has 0 aromatic heterocycles. The van der Waals surface area contributed by atoms with Gasteiger partial charge in [-0.15, -0.1) is 11.8 Å². The molecule has 0 radical (unpaired) electrons. The van der Waals surface area contributed by atoms with Gasteiger partial charge in [0.05, 0.1) is 5.75 Å². The summed E-state index contributed by atoms with van der Waals surface area (Å²) >= 11 is 1.72. The average Bonchev–Trinajstić information content (AvgIpc) is 2.59. The molecule has 0 unspecified atom stereocenters. The van der Waals surface area contributed by atoms with E-state index < -0.39 is 0 Å². The fourth-order valence-electron chi connectivity index (χ4n) is 2.92. The molecule has 1 N–H and O–H groups in total. The Bertz CT molecular complexity index is 527. The number of thioether (sulfide) groups is 1. The van der Waals surface area contributed by atoms with Crippen LogP contribution in [0.25, 0.3) is 0 Å². The lowest BCUT2D eigenvalue weighted by Crippen LogP contribution is -2.46. The molecule has 1 heterocycles. The molecule has 2 amide bonds. The molecule has 1 aliphatic heterocycles. The molecule has 1 saturated heterocycles. The number of nitrogens with one attached hydrogen (secondary N) is 1. The van der Waals surface area contributed by atoms with Crippen LogP contribution in [0.15, 0.2) is 30.3 Å². The predicted octanol–water partition coefficient (Wildman–Crippen LogP) is 2.87. The third kappa shape index (κ3) is 6.56.